The number of nitrogens with one attached hydrogen (secondary N) is 1. The van der Waals surface area contributed by atoms with Crippen LogP contribution in [-0.4, -0.2) is 49.8 Å². The molecule has 1 aromatic carbocycles. The number of fused-ring (bicyclic) bond motifs is 2. The van der Waals surface area contributed by atoms with Gasteiger partial charge in [0.1, 0.15) is 5.75 Å². The Bertz CT molecular complexity index is 989. The minimum absolute atomic E-state index is 0.00237. The van der Waals surface area contributed by atoms with Crippen LogP contribution >= 0.6 is 0 Å². The molecule has 9 heteroatoms. The van der Waals surface area contributed by atoms with Gasteiger partial charge in [-0.2, -0.15) is 4.31 Å². The number of carbonyl (C=O) groups is 2. The van der Waals surface area contributed by atoms with Crippen molar-refractivity contribution in [1.29, 1.82) is 0 Å². The average Bonchev–Trinajstić information content (AvgIpc) is 3.51. The Hall–Kier alpha value is -2.13. The van der Waals surface area contributed by atoms with Crippen LogP contribution in [0.3, 0.4) is 0 Å². The molecule has 176 valence electrons. The highest BCUT2D eigenvalue weighted by Gasteiger charge is 2.42. The molecule has 0 spiro atoms. The number of rotatable bonds is 8. The van der Waals surface area contributed by atoms with Crippen molar-refractivity contribution in [3.63, 3.8) is 0 Å². The molecule has 2 aliphatic carbocycles. The second kappa shape index (κ2) is 9.02. The molecule has 3 fully saturated rings. The van der Waals surface area contributed by atoms with Gasteiger partial charge in [0.25, 0.3) is 11.8 Å². The summed E-state index contributed by atoms with van der Waals surface area (Å²) in [5.74, 6) is 1.03. The van der Waals surface area contributed by atoms with Crippen molar-refractivity contribution >= 4 is 21.8 Å². The summed E-state index contributed by atoms with van der Waals surface area (Å²) in [5.41, 5.74) is 5.45. The molecule has 2 amide bonds. The number of nitrogens with two attached hydrogens (primary N) is 1. The number of hydrogen-bond donors (Lipinski definition) is 2. The Morgan fingerprint density at radius 3 is 2.47 bits per heavy atom. The number of carbonyl (C=O) groups excluding carboxylic acids is 2. The Morgan fingerprint density at radius 2 is 1.88 bits per heavy atom. The van der Waals surface area contributed by atoms with Gasteiger partial charge in [0.05, 0.1) is 10.5 Å². The topological polar surface area (TPSA) is 119 Å². The van der Waals surface area contributed by atoms with Crippen LogP contribution in [0.15, 0.2) is 23.1 Å². The molecule has 2 saturated carbocycles. The van der Waals surface area contributed by atoms with E-state index in [4.69, 9.17) is 10.5 Å². The second-order valence-corrected chi connectivity index (χ2v) is 11.5. The predicted octanol–water partition coefficient (Wildman–Crippen LogP) is 2.28. The first-order valence-electron chi connectivity index (χ1n) is 11.6. The first-order valence-corrected chi connectivity index (χ1v) is 13.0. The van der Waals surface area contributed by atoms with Gasteiger partial charge in [0.15, 0.2) is 6.10 Å². The largest absolute Gasteiger partial charge is 0.480 e. The van der Waals surface area contributed by atoms with Gasteiger partial charge in [-0.3, -0.25) is 9.59 Å². The number of benzene rings is 1. The molecule has 1 saturated heterocycles. The molecule has 0 radical (unpaired) electrons. The van der Waals surface area contributed by atoms with Gasteiger partial charge in [-0.05, 0) is 81.9 Å². The van der Waals surface area contributed by atoms with Gasteiger partial charge in [-0.1, -0.05) is 6.42 Å². The summed E-state index contributed by atoms with van der Waals surface area (Å²) >= 11 is 0. The van der Waals surface area contributed by atoms with E-state index in [2.05, 4.69) is 5.32 Å². The van der Waals surface area contributed by atoms with Gasteiger partial charge in [0.2, 0.25) is 10.0 Å². The molecule has 4 rings (SSSR count). The van der Waals surface area contributed by atoms with E-state index in [9.17, 15) is 18.0 Å². The third-order valence-corrected chi connectivity index (χ3v) is 9.29. The van der Waals surface area contributed by atoms with E-state index in [1.165, 1.54) is 48.2 Å². The molecule has 2 bridgehead atoms. The number of hydrogen-bond acceptors (Lipinski definition) is 5. The maximum atomic E-state index is 12.8. The Kier molecular flexibility index (Phi) is 6.49. The SMILES string of the molecule is C[C@H](Oc1ccc(S(=O)(=O)N2CCCC2)cc1C(N)=O)C(=O)N[C@H](C)[C@H]1C[C@H]2CC[C@H]1C2. The van der Waals surface area contributed by atoms with E-state index in [0.717, 1.165) is 18.8 Å². The monoisotopic (exact) mass is 463 g/mol. The summed E-state index contributed by atoms with van der Waals surface area (Å²) in [6, 6.07) is 4.12. The van der Waals surface area contributed by atoms with E-state index < -0.39 is 22.0 Å². The lowest BCUT2D eigenvalue weighted by molar-refractivity contribution is -0.128. The third kappa shape index (κ3) is 4.50. The molecule has 0 unspecified atom stereocenters. The van der Waals surface area contributed by atoms with Crippen molar-refractivity contribution in [3.05, 3.63) is 23.8 Å². The number of amides is 2. The van der Waals surface area contributed by atoms with Crippen molar-refractivity contribution < 1.29 is 22.7 Å². The van der Waals surface area contributed by atoms with Crippen molar-refractivity contribution in [2.75, 3.05) is 13.1 Å². The molecule has 1 aliphatic heterocycles. The van der Waals surface area contributed by atoms with Crippen LogP contribution in [-0.2, 0) is 14.8 Å². The molecule has 8 nitrogen and oxygen atoms in total. The van der Waals surface area contributed by atoms with Crippen molar-refractivity contribution in [2.24, 2.45) is 23.5 Å². The molecular weight excluding hydrogens is 430 g/mol. The number of primary amides is 1. The Morgan fingerprint density at radius 1 is 1.16 bits per heavy atom. The zero-order chi connectivity index (χ0) is 23.0. The van der Waals surface area contributed by atoms with Crippen LogP contribution in [0, 0.1) is 17.8 Å². The molecule has 1 heterocycles. The zero-order valence-corrected chi connectivity index (χ0v) is 19.6. The normalized spacial score (nSPS) is 27.2. The fourth-order valence-electron chi connectivity index (χ4n) is 5.64. The Labute approximate surface area is 189 Å². The Balaban J connectivity index is 1.44. The molecule has 1 aromatic rings. The summed E-state index contributed by atoms with van der Waals surface area (Å²) in [6.45, 7) is 4.58. The van der Waals surface area contributed by atoms with Crippen LogP contribution in [0.25, 0.3) is 0 Å². The summed E-state index contributed by atoms with van der Waals surface area (Å²) in [5, 5.41) is 3.07. The maximum Gasteiger partial charge on any atom is 0.260 e. The van der Waals surface area contributed by atoms with E-state index in [0.29, 0.717) is 24.9 Å². The van der Waals surface area contributed by atoms with Crippen molar-refractivity contribution in [3.8, 4) is 5.75 Å². The van der Waals surface area contributed by atoms with Gasteiger partial charge in [-0.25, -0.2) is 8.42 Å². The number of nitrogens with zero attached hydrogens (tertiary/aromatic N) is 1. The first kappa shape index (κ1) is 23.0. The molecular formula is C23H33N3O5S. The smallest absolute Gasteiger partial charge is 0.260 e. The van der Waals surface area contributed by atoms with Crippen molar-refractivity contribution in [2.45, 2.75) is 69.4 Å². The second-order valence-electron chi connectivity index (χ2n) is 9.53. The lowest BCUT2D eigenvalue weighted by Crippen LogP contribution is -2.45. The number of ether oxygens (including phenoxy) is 1. The predicted molar refractivity (Wildman–Crippen MR) is 120 cm³/mol. The van der Waals surface area contributed by atoms with Crippen LogP contribution < -0.4 is 15.8 Å². The first-order chi connectivity index (χ1) is 15.2. The minimum Gasteiger partial charge on any atom is -0.480 e. The van der Waals surface area contributed by atoms with Crippen LogP contribution in [0.4, 0.5) is 0 Å². The molecule has 32 heavy (non-hydrogen) atoms. The molecule has 5 atom stereocenters. The van der Waals surface area contributed by atoms with Crippen molar-refractivity contribution in [1.82, 2.24) is 9.62 Å². The van der Waals surface area contributed by atoms with Crippen LogP contribution in [0.2, 0.25) is 0 Å². The maximum absolute atomic E-state index is 12.8. The highest BCUT2D eigenvalue weighted by atomic mass is 32.2. The van der Waals surface area contributed by atoms with Gasteiger partial charge in [-0.15, -0.1) is 0 Å². The summed E-state index contributed by atoms with van der Waals surface area (Å²) in [6.07, 6.45) is 5.77. The molecule has 3 aliphatic rings. The van der Waals surface area contributed by atoms with Gasteiger partial charge in [0, 0.05) is 19.1 Å². The van der Waals surface area contributed by atoms with E-state index in [1.807, 2.05) is 6.92 Å². The van der Waals surface area contributed by atoms with E-state index in [1.54, 1.807) is 6.92 Å². The standard InChI is InChI=1S/C23H33N3O5S/c1-14(19-12-16-5-6-17(19)11-16)25-23(28)15(2)31-21-8-7-18(13-20(21)22(24)27)32(29,30)26-9-3-4-10-26/h7-8,13-17,19H,3-6,9-12H2,1-2H3,(H2,24,27)(H,25,28)/t14-,15+,16+,17+,19-/m1/s1. The highest BCUT2D eigenvalue weighted by molar-refractivity contribution is 7.89. The zero-order valence-electron chi connectivity index (χ0n) is 18.7. The van der Waals surface area contributed by atoms with Gasteiger partial charge >= 0.3 is 0 Å². The van der Waals surface area contributed by atoms with Crippen LogP contribution in [0.5, 0.6) is 5.75 Å². The summed E-state index contributed by atoms with van der Waals surface area (Å²) in [4.78, 5) is 24.8. The minimum atomic E-state index is -3.70. The fourth-order valence-corrected chi connectivity index (χ4v) is 7.19. The third-order valence-electron chi connectivity index (χ3n) is 7.40. The van der Waals surface area contributed by atoms with E-state index >= 15 is 0 Å². The lowest BCUT2D eigenvalue weighted by Gasteiger charge is -2.29. The fraction of sp³-hybridized carbons (Fsp3) is 0.652. The summed E-state index contributed by atoms with van der Waals surface area (Å²) < 4.78 is 32.8. The quantitative estimate of drug-likeness (QED) is 0.613. The van der Waals surface area contributed by atoms with Crippen LogP contribution in [0.1, 0.15) is 62.7 Å². The highest BCUT2D eigenvalue weighted by Crippen LogP contribution is 2.49. The van der Waals surface area contributed by atoms with E-state index in [-0.39, 0.29) is 28.2 Å². The van der Waals surface area contributed by atoms with Gasteiger partial charge < -0.3 is 15.8 Å². The molecule has 3 N–H and O–H groups in total. The number of sulfonamides is 1. The summed E-state index contributed by atoms with van der Waals surface area (Å²) in [7, 11) is -3.70. The average molecular weight is 464 g/mol. The molecule has 0 aromatic heterocycles. The lowest BCUT2D eigenvalue weighted by atomic mass is 9.84.